The smallest absolute Gasteiger partial charge is 0.162 e. The first-order chi connectivity index (χ1) is 13.8. The highest BCUT2D eigenvalue weighted by molar-refractivity contribution is 6.30. The summed E-state index contributed by atoms with van der Waals surface area (Å²) in [6.07, 6.45) is 0.278. The number of ketones is 1. The number of rotatable bonds is 4. The predicted molar refractivity (Wildman–Crippen MR) is 115 cm³/mol. The minimum absolute atomic E-state index is 0.0650. The molecule has 1 aliphatic heterocycles. The molecule has 148 valence electrons. The minimum atomic E-state index is -0.394. The Labute approximate surface area is 175 Å². The zero-order valence-corrected chi connectivity index (χ0v) is 17.7. The Balaban J connectivity index is 2.03. The van der Waals surface area contributed by atoms with Gasteiger partial charge in [-0.3, -0.25) is 14.4 Å². The fraction of sp³-hybridized carbons (Fsp3) is 0.304. The van der Waals surface area contributed by atoms with Crippen LogP contribution < -0.4 is 0 Å². The maximum absolute atomic E-state index is 12.0. The summed E-state index contributed by atoms with van der Waals surface area (Å²) in [4.78, 5) is 17.0. The second-order valence-corrected chi connectivity index (χ2v) is 8.22. The molecule has 1 atom stereocenters. The summed E-state index contributed by atoms with van der Waals surface area (Å²) in [6.45, 7) is 7.85. The Bertz CT molecular complexity index is 1110. The van der Waals surface area contributed by atoms with Crippen molar-refractivity contribution in [3.05, 3.63) is 75.8 Å². The van der Waals surface area contributed by atoms with Crippen LogP contribution >= 0.6 is 11.6 Å². The Morgan fingerprint density at radius 3 is 2.52 bits per heavy atom. The van der Waals surface area contributed by atoms with E-state index < -0.39 is 6.04 Å². The van der Waals surface area contributed by atoms with E-state index in [-0.39, 0.29) is 12.2 Å². The fourth-order valence-corrected chi connectivity index (χ4v) is 3.85. The highest BCUT2D eigenvalue weighted by Crippen LogP contribution is 2.34. The number of hydrogen-bond acceptors (Lipinski definition) is 4. The number of nitrogens with zero attached hydrogens (tertiary/aromatic N) is 4. The molecule has 0 bridgehead atoms. The lowest BCUT2D eigenvalue weighted by atomic mass is 9.94. The third-order valence-electron chi connectivity index (χ3n) is 5.21. The van der Waals surface area contributed by atoms with E-state index in [0.717, 1.165) is 28.4 Å². The molecule has 1 aliphatic rings. The molecule has 1 aromatic heterocycles. The third-order valence-corrected chi connectivity index (χ3v) is 5.47. The summed E-state index contributed by atoms with van der Waals surface area (Å²) in [5.74, 6) is 1.92. The van der Waals surface area contributed by atoms with Gasteiger partial charge in [-0.2, -0.15) is 0 Å². The van der Waals surface area contributed by atoms with Crippen LogP contribution in [0.1, 0.15) is 67.5 Å². The normalized spacial score (nSPS) is 15.5. The average Bonchev–Trinajstić information content (AvgIpc) is 3.00. The first kappa shape index (κ1) is 19.5. The van der Waals surface area contributed by atoms with Gasteiger partial charge in [0.05, 0.1) is 11.4 Å². The Hall–Kier alpha value is -2.79. The monoisotopic (exact) mass is 406 g/mol. The van der Waals surface area contributed by atoms with Crippen molar-refractivity contribution in [2.45, 2.75) is 46.1 Å². The van der Waals surface area contributed by atoms with Gasteiger partial charge in [-0.1, -0.05) is 43.6 Å². The lowest BCUT2D eigenvalue weighted by Gasteiger charge is -2.15. The van der Waals surface area contributed by atoms with Gasteiger partial charge in [0, 0.05) is 22.6 Å². The van der Waals surface area contributed by atoms with Gasteiger partial charge in [0.1, 0.15) is 17.6 Å². The van der Waals surface area contributed by atoms with Crippen LogP contribution in [0.4, 0.5) is 0 Å². The predicted octanol–water partition coefficient (Wildman–Crippen LogP) is 5.22. The van der Waals surface area contributed by atoms with Gasteiger partial charge in [0.15, 0.2) is 5.82 Å². The van der Waals surface area contributed by atoms with Crippen molar-refractivity contribution in [2.24, 2.45) is 4.99 Å². The van der Waals surface area contributed by atoms with E-state index in [0.29, 0.717) is 16.8 Å². The zero-order chi connectivity index (χ0) is 20.7. The quantitative estimate of drug-likeness (QED) is 0.596. The largest absolute Gasteiger partial charge is 0.300 e. The van der Waals surface area contributed by atoms with Crippen molar-refractivity contribution >= 4 is 23.1 Å². The van der Waals surface area contributed by atoms with Gasteiger partial charge in [-0.25, -0.2) is 0 Å². The summed E-state index contributed by atoms with van der Waals surface area (Å²) in [7, 11) is 0. The van der Waals surface area contributed by atoms with Crippen molar-refractivity contribution < 1.29 is 4.79 Å². The molecule has 2 aromatic carbocycles. The first-order valence-electron chi connectivity index (χ1n) is 9.75. The van der Waals surface area contributed by atoms with E-state index in [4.69, 9.17) is 16.6 Å². The molecule has 4 rings (SSSR count). The van der Waals surface area contributed by atoms with Crippen LogP contribution in [0, 0.1) is 6.92 Å². The SMILES string of the molecule is CC(=O)C[C@@H]1N=C(c2ccc(Cl)cc2)c2cc(C(C)C)ccc2-n2c(C)nnc21. The second kappa shape index (κ2) is 7.56. The Morgan fingerprint density at radius 1 is 1.14 bits per heavy atom. The average molecular weight is 407 g/mol. The standard InChI is InChI=1S/C23H23ClN4O/c1-13(2)17-7-10-21-19(12-17)22(16-5-8-18(24)9-6-16)25-20(11-14(3)29)23-27-26-15(4)28(21)23/h5-10,12-13,20H,11H2,1-4H3/t20-/m0/s1. The molecule has 0 radical (unpaired) electrons. The molecule has 29 heavy (non-hydrogen) atoms. The number of carbonyl (C=O) groups excluding carboxylic acids is 1. The van der Waals surface area contributed by atoms with E-state index in [1.54, 1.807) is 6.92 Å². The Kier molecular flexibility index (Phi) is 5.09. The summed E-state index contributed by atoms with van der Waals surface area (Å²) in [6, 6.07) is 13.7. The molecular weight excluding hydrogens is 384 g/mol. The van der Waals surface area contributed by atoms with Crippen LogP contribution in [0.15, 0.2) is 47.5 Å². The van der Waals surface area contributed by atoms with Gasteiger partial charge in [-0.05, 0) is 49.6 Å². The number of halogens is 1. The minimum Gasteiger partial charge on any atom is -0.300 e. The molecule has 0 aliphatic carbocycles. The van der Waals surface area contributed by atoms with Crippen molar-refractivity contribution in [1.29, 1.82) is 0 Å². The number of aliphatic imine (C=N–C) groups is 1. The van der Waals surface area contributed by atoms with Crippen LogP contribution in [0.2, 0.25) is 5.02 Å². The number of aromatic nitrogens is 3. The molecule has 0 saturated carbocycles. The van der Waals surface area contributed by atoms with Gasteiger partial charge in [-0.15, -0.1) is 10.2 Å². The highest BCUT2D eigenvalue weighted by atomic mass is 35.5. The summed E-state index contributed by atoms with van der Waals surface area (Å²) in [5, 5.41) is 9.33. The van der Waals surface area contributed by atoms with E-state index >= 15 is 0 Å². The van der Waals surface area contributed by atoms with Gasteiger partial charge >= 0.3 is 0 Å². The van der Waals surface area contributed by atoms with E-state index in [9.17, 15) is 4.79 Å². The fourth-order valence-electron chi connectivity index (χ4n) is 3.72. The van der Waals surface area contributed by atoms with E-state index in [1.165, 1.54) is 5.56 Å². The first-order valence-corrected chi connectivity index (χ1v) is 10.1. The number of aryl methyl sites for hydroxylation is 1. The molecule has 5 nitrogen and oxygen atoms in total. The zero-order valence-electron chi connectivity index (χ0n) is 17.0. The van der Waals surface area contributed by atoms with E-state index in [1.807, 2.05) is 35.8 Å². The van der Waals surface area contributed by atoms with Crippen LogP contribution in [0.25, 0.3) is 5.69 Å². The molecule has 0 N–H and O–H groups in total. The summed E-state index contributed by atoms with van der Waals surface area (Å²) in [5.41, 5.74) is 5.01. The molecule has 2 heterocycles. The van der Waals surface area contributed by atoms with Gasteiger partial charge in [0.2, 0.25) is 0 Å². The Morgan fingerprint density at radius 2 is 1.86 bits per heavy atom. The lowest BCUT2D eigenvalue weighted by Crippen LogP contribution is -2.09. The molecule has 6 heteroatoms. The van der Waals surface area contributed by atoms with Crippen LogP contribution in [-0.4, -0.2) is 26.3 Å². The van der Waals surface area contributed by atoms with Crippen molar-refractivity contribution in [3.8, 4) is 5.69 Å². The molecule has 0 fully saturated rings. The summed E-state index contributed by atoms with van der Waals surface area (Å²) >= 11 is 6.12. The van der Waals surface area contributed by atoms with Gasteiger partial charge < -0.3 is 0 Å². The molecule has 0 spiro atoms. The van der Waals surface area contributed by atoms with Gasteiger partial charge in [0.25, 0.3) is 0 Å². The van der Waals surface area contributed by atoms with Crippen molar-refractivity contribution in [1.82, 2.24) is 14.8 Å². The van der Waals surface area contributed by atoms with Crippen LogP contribution in [0.3, 0.4) is 0 Å². The maximum Gasteiger partial charge on any atom is 0.162 e. The number of benzene rings is 2. The number of fused-ring (bicyclic) bond motifs is 3. The molecule has 0 unspecified atom stereocenters. The molecule has 0 saturated heterocycles. The van der Waals surface area contributed by atoms with Crippen LogP contribution in [0.5, 0.6) is 0 Å². The molecule has 0 amide bonds. The lowest BCUT2D eigenvalue weighted by molar-refractivity contribution is -0.117. The number of carbonyl (C=O) groups is 1. The highest BCUT2D eigenvalue weighted by Gasteiger charge is 2.29. The van der Waals surface area contributed by atoms with E-state index in [2.05, 4.69) is 42.2 Å². The molecular formula is C23H23ClN4O. The van der Waals surface area contributed by atoms with Crippen molar-refractivity contribution in [2.75, 3.05) is 0 Å². The number of Topliss-reactive ketones (excluding diaryl/α,β-unsaturated/α-hetero) is 1. The maximum atomic E-state index is 12.0. The third kappa shape index (κ3) is 3.62. The summed E-state index contributed by atoms with van der Waals surface area (Å²) < 4.78 is 2.03. The second-order valence-electron chi connectivity index (χ2n) is 7.78. The van der Waals surface area contributed by atoms with Crippen LogP contribution in [-0.2, 0) is 4.79 Å². The topological polar surface area (TPSA) is 60.1 Å². The van der Waals surface area contributed by atoms with Crippen molar-refractivity contribution in [3.63, 3.8) is 0 Å². The number of hydrogen-bond donors (Lipinski definition) is 0. The molecule has 3 aromatic rings.